The zero-order chi connectivity index (χ0) is 15.6. The number of methoxy groups -OCH3 is 2. The molecule has 0 amide bonds. The Morgan fingerprint density at radius 1 is 1.23 bits per heavy atom. The van der Waals surface area contributed by atoms with E-state index in [1.807, 2.05) is 0 Å². The van der Waals surface area contributed by atoms with Gasteiger partial charge in [-0.3, -0.25) is 9.79 Å². The lowest BCUT2D eigenvalue weighted by Crippen LogP contribution is -2.43. The Labute approximate surface area is 150 Å². The molecule has 0 saturated heterocycles. The molecule has 0 bridgehead atoms. The highest BCUT2D eigenvalue weighted by molar-refractivity contribution is 14.0. The Balaban J connectivity index is 0.00000441. The number of nitrogens with zero attached hydrogens (tertiary/aromatic N) is 1. The zero-order valence-electron chi connectivity index (χ0n) is 13.9. The number of hydrogen-bond donors (Lipinski definition) is 2. The molecule has 0 aromatic heterocycles. The molecule has 2 N–H and O–H groups in total. The van der Waals surface area contributed by atoms with Crippen molar-refractivity contribution in [1.82, 2.24) is 10.6 Å². The zero-order valence-corrected chi connectivity index (χ0v) is 16.3. The van der Waals surface area contributed by atoms with Crippen molar-refractivity contribution in [2.24, 2.45) is 10.4 Å². The van der Waals surface area contributed by atoms with E-state index in [1.165, 1.54) is 32.8 Å². The van der Waals surface area contributed by atoms with Crippen molar-refractivity contribution in [2.45, 2.75) is 38.5 Å². The topological polar surface area (TPSA) is 72.0 Å². The smallest absolute Gasteiger partial charge is 0.307 e. The number of ether oxygens (including phenoxy) is 2. The van der Waals surface area contributed by atoms with Crippen LogP contribution >= 0.6 is 24.0 Å². The van der Waals surface area contributed by atoms with Crippen LogP contribution in [-0.2, 0) is 14.3 Å². The van der Waals surface area contributed by atoms with Crippen LogP contribution in [0.15, 0.2) is 4.99 Å². The maximum Gasteiger partial charge on any atom is 0.307 e. The Morgan fingerprint density at radius 3 is 2.45 bits per heavy atom. The van der Waals surface area contributed by atoms with E-state index in [0.29, 0.717) is 18.4 Å². The number of nitrogens with one attached hydrogen (secondary N) is 2. The van der Waals surface area contributed by atoms with Gasteiger partial charge in [0.2, 0.25) is 0 Å². The number of halogens is 1. The molecular weight excluding hydrogens is 397 g/mol. The van der Waals surface area contributed by atoms with Crippen molar-refractivity contribution in [3.8, 4) is 0 Å². The SMILES string of the molecule is CN=C(NCCC(=O)OC)NCC1(CCOC)CCCC1.I. The fourth-order valence-electron chi connectivity index (χ4n) is 2.84. The van der Waals surface area contributed by atoms with Gasteiger partial charge in [-0.25, -0.2) is 0 Å². The molecule has 0 spiro atoms. The summed E-state index contributed by atoms with van der Waals surface area (Å²) in [6.45, 7) is 2.22. The molecule has 6 nitrogen and oxygen atoms in total. The fraction of sp³-hybridized carbons (Fsp3) is 0.867. The molecule has 0 aliphatic heterocycles. The predicted octanol–water partition coefficient (Wildman–Crippen LogP) is 1.93. The largest absolute Gasteiger partial charge is 0.469 e. The van der Waals surface area contributed by atoms with Gasteiger partial charge in [0.25, 0.3) is 0 Å². The van der Waals surface area contributed by atoms with E-state index in [2.05, 4.69) is 20.4 Å². The van der Waals surface area contributed by atoms with Crippen molar-refractivity contribution in [1.29, 1.82) is 0 Å². The van der Waals surface area contributed by atoms with Crippen LogP contribution in [0.3, 0.4) is 0 Å². The molecule has 0 atom stereocenters. The fourth-order valence-corrected chi connectivity index (χ4v) is 2.84. The third-order valence-electron chi connectivity index (χ3n) is 4.20. The lowest BCUT2D eigenvalue weighted by atomic mass is 9.83. The Morgan fingerprint density at radius 2 is 1.91 bits per heavy atom. The molecule has 1 aliphatic rings. The van der Waals surface area contributed by atoms with Gasteiger partial charge >= 0.3 is 5.97 Å². The molecule has 130 valence electrons. The third-order valence-corrected chi connectivity index (χ3v) is 4.20. The summed E-state index contributed by atoms with van der Waals surface area (Å²) in [5.41, 5.74) is 0.315. The second-order valence-electron chi connectivity index (χ2n) is 5.63. The molecule has 1 rings (SSSR count). The van der Waals surface area contributed by atoms with Gasteiger partial charge in [-0.05, 0) is 24.7 Å². The Hall–Kier alpha value is -0.570. The van der Waals surface area contributed by atoms with Crippen LogP contribution in [0.1, 0.15) is 38.5 Å². The van der Waals surface area contributed by atoms with Crippen LogP contribution in [0.2, 0.25) is 0 Å². The van der Waals surface area contributed by atoms with Gasteiger partial charge in [0.15, 0.2) is 5.96 Å². The first-order valence-electron chi connectivity index (χ1n) is 7.66. The minimum atomic E-state index is -0.217. The number of carbonyl (C=O) groups excluding carboxylic acids is 1. The summed E-state index contributed by atoms with van der Waals surface area (Å²) in [7, 11) is 4.89. The van der Waals surface area contributed by atoms with Gasteiger partial charge in [-0.15, -0.1) is 24.0 Å². The van der Waals surface area contributed by atoms with Crippen molar-refractivity contribution < 1.29 is 14.3 Å². The lowest BCUT2D eigenvalue weighted by Gasteiger charge is -2.29. The summed E-state index contributed by atoms with van der Waals surface area (Å²) in [5.74, 6) is 0.521. The average molecular weight is 427 g/mol. The molecule has 0 unspecified atom stereocenters. The molecule has 0 aromatic rings. The monoisotopic (exact) mass is 427 g/mol. The molecule has 0 aromatic carbocycles. The number of carbonyl (C=O) groups is 1. The number of rotatable bonds is 8. The van der Waals surface area contributed by atoms with Crippen LogP contribution in [-0.4, -0.2) is 52.9 Å². The molecule has 0 radical (unpaired) electrons. The van der Waals surface area contributed by atoms with Crippen molar-refractivity contribution in [3.05, 3.63) is 0 Å². The van der Waals surface area contributed by atoms with E-state index in [1.54, 1.807) is 14.2 Å². The van der Waals surface area contributed by atoms with Gasteiger partial charge < -0.3 is 20.1 Å². The van der Waals surface area contributed by atoms with Gasteiger partial charge in [0.1, 0.15) is 0 Å². The molecule has 1 saturated carbocycles. The minimum absolute atomic E-state index is 0. The van der Waals surface area contributed by atoms with E-state index < -0.39 is 0 Å². The predicted molar refractivity (Wildman–Crippen MR) is 98.8 cm³/mol. The van der Waals surface area contributed by atoms with E-state index in [4.69, 9.17) is 4.74 Å². The highest BCUT2D eigenvalue weighted by atomic mass is 127. The Kier molecular flexibility index (Phi) is 11.6. The second kappa shape index (κ2) is 11.9. The molecule has 1 aliphatic carbocycles. The summed E-state index contributed by atoms with van der Waals surface area (Å²) in [6.07, 6.45) is 6.48. The highest BCUT2D eigenvalue weighted by Crippen LogP contribution is 2.40. The summed E-state index contributed by atoms with van der Waals surface area (Å²) in [5, 5.41) is 6.52. The summed E-state index contributed by atoms with van der Waals surface area (Å²) >= 11 is 0. The first-order valence-corrected chi connectivity index (χ1v) is 7.66. The van der Waals surface area contributed by atoms with Gasteiger partial charge in [0, 0.05) is 33.9 Å². The van der Waals surface area contributed by atoms with E-state index in [-0.39, 0.29) is 29.9 Å². The number of aliphatic imine (C=N–C) groups is 1. The van der Waals surface area contributed by atoms with Crippen LogP contribution < -0.4 is 10.6 Å². The van der Waals surface area contributed by atoms with Crippen molar-refractivity contribution in [2.75, 3.05) is 41.0 Å². The Bertz CT molecular complexity index is 345. The van der Waals surface area contributed by atoms with Crippen molar-refractivity contribution >= 4 is 35.9 Å². The van der Waals surface area contributed by atoms with Gasteiger partial charge in [0.05, 0.1) is 13.5 Å². The highest BCUT2D eigenvalue weighted by Gasteiger charge is 2.33. The van der Waals surface area contributed by atoms with Gasteiger partial charge in [-0.2, -0.15) is 0 Å². The first kappa shape index (κ1) is 21.4. The second-order valence-corrected chi connectivity index (χ2v) is 5.63. The average Bonchev–Trinajstić information content (AvgIpc) is 2.97. The van der Waals surface area contributed by atoms with Crippen LogP contribution in [0.4, 0.5) is 0 Å². The van der Waals surface area contributed by atoms with Crippen LogP contribution in [0.25, 0.3) is 0 Å². The number of guanidine groups is 1. The maximum atomic E-state index is 11.1. The quantitative estimate of drug-likeness (QED) is 0.268. The first-order chi connectivity index (χ1) is 10.2. The van der Waals surface area contributed by atoms with Gasteiger partial charge in [-0.1, -0.05) is 12.8 Å². The van der Waals surface area contributed by atoms with E-state index in [9.17, 15) is 4.79 Å². The minimum Gasteiger partial charge on any atom is -0.469 e. The number of hydrogen-bond acceptors (Lipinski definition) is 4. The van der Waals surface area contributed by atoms with E-state index >= 15 is 0 Å². The van der Waals surface area contributed by atoms with Crippen LogP contribution in [0.5, 0.6) is 0 Å². The standard InChI is InChI=1S/C15H29N3O3.HI/c1-16-14(17-10-6-13(19)21-3)18-12-15(9-11-20-2)7-4-5-8-15;/h4-12H2,1-3H3,(H2,16,17,18);1H. The third kappa shape index (κ3) is 7.62. The van der Waals surface area contributed by atoms with Crippen molar-refractivity contribution in [3.63, 3.8) is 0 Å². The number of esters is 1. The molecule has 0 heterocycles. The van der Waals surface area contributed by atoms with Crippen LogP contribution in [0, 0.1) is 5.41 Å². The molecule has 22 heavy (non-hydrogen) atoms. The molecular formula is C15H30IN3O3. The molecule has 1 fully saturated rings. The summed E-state index contributed by atoms with van der Waals surface area (Å²) < 4.78 is 9.85. The molecule has 7 heteroatoms. The normalized spacial score (nSPS) is 16.8. The van der Waals surface area contributed by atoms with E-state index in [0.717, 1.165) is 25.5 Å². The summed E-state index contributed by atoms with van der Waals surface area (Å²) in [4.78, 5) is 15.3. The lowest BCUT2D eigenvalue weighted by molar-refractivity contribution is -0.140. The summed E-state index contributed by atoms with van der Waals surface area (Å²) in [6, 6.07) is 0. The maximum absolute atomic E-state index is 11.1.